The monoisotopic (exact) mass is 256 g/mol. The summed E-state index contributed by atoms with van der Waals surface area (Å²) in [5.74, 6) is 0.778. The number of carbonyl (C=O) groups is 1. The second-order valence-corrected chi connectivity index (χ2v) is 4.10. The Balaban J connectivity index is 2.03. The fourth-order valence-electron chi connectivity index (χ4n) is 1.66. The van der Waals surface area contributed by atoms with E-state index in [1.165, 1.54) is 0 Å². The molecule has 0 aliphatic rings. The number of carbonyl (C=O) groups excluding carboxylic acids is 1. The fraction of sp³-hybridized carbons (Fsp3) is 0.200. The maximum Gasteiger partial charge on any atom is 0.189 e. The quantitative estimate of drug-likeness (QED) is 0.610. The summed E-state index contributed by atoms with van der Waals surface area (Å²) in [6.45, 7) is 2.59. The van der Waals surface area contributed by atoms with Gasteiger partial charge in [-0.25, -0.2) is 0 Å². The van der Waals surface area contributed by atoms with Gasteiger partial charge in [0.25, 0.3) is 0 Å². The van der Waals surface area contributed by atoms with Crippen LogP contribution in [0.3, 0.4) is 0 Å². The molecule has 0 atom stereocenters. The molecule has 19 heavy (non-hydrogen) atoms. The fourth-order valence-corrected chi connectivity index (χ4v) is 1.66. The van der Waals surface area contributed by atoms with Crippen molar-refractivity contribution in [2.75, 3.05) is 6.61 Å². The summed E-state index contributed by atoms with van der Waals surface area (Å²) in [5, 5.41) is 3.97. The van der Waals surface area contributed by atoms with Gasteiger partial charge in [0, 0.05) is 13.2 Å². The van der Waals surface area contributed by atoms with Gasteiger partial charge in [0.05, 0.1) is 18.4 Å². The van der Waals surface area contributed by atoms with Gasteiger partial charge in [-0.15, -0.1) is 0 Å². The number of nitrogens with zero attached hydrogens (tertiary/aromatic N) is 2. The normalized spacial score (nSPS) is 10.8. The highest BCUT2D eigenvalue weighted by Gasteiger charge is 2.03. The van der Waals surface area contributed by atoms with Gasteiger partial charge in [0.2, 0.25) is 0 Å². The minimum Gasteiger partial charge on any atom is -0.494 e. The van der Waals surface area contributed by atoms with Crippen molar-refractivity contribution in [2.45, 2.75) is 6.92 Å². The van der Waals surface area contributed by atoms with Crippen LogP contribution in [0.2, 0.25) is 0 Å². The predicted octanol–water partition coefficient (Wildman–Crippen LogP) is 2.71. The van der Waals surface area contributed by atoms with E-state index in [9.17, 15) is 4.79 Å². The van der Waals surface area contributed by atoms with Crippen LogP contribution in [0.15, 0.2) is 42.7 Å². The minimum atomic E-state index is -0.0537. The molecule has 1 aromatic heterocycles. The molecule has 0 N–H and O–H groups in total. The molecule has 2 aromatic rings. The van der Waals surface area contributed by atoms with Crippen LogP contribution in [0.5, 0.6) is 5.75 Å². The van der Waals surface area contributed by atoms with Crippen molar-refractivity contribution in [3.8, 4) is 5.75 Å². The molecule has 0 radical (unpaired) electrons. The summed E-state index contributed by atoms with van der Waals surface area (Å²) in [5.41, 5.74) is 1.55. The Bertz CT molecular complexity index is 582. The van der Waals surface area contributed by atoms with E-state index < -0.39 is 0 Å². The van der Waals surface area contributed by atoms with Crippen LogP contribution in [-0.2, 0) is 7.05 Å². The number of aryl methyl sites for hydroxylation is 1. The molecule has 0 amide bonds. The van der Waals surface area contributed by atoms with Gasteiger partial charge < -0.3 is 4.74 Å². The van der Waals surface area contributed by atoms with E-state index in [2.05, 4.69) is 5.10 Å². The number of hydrogen-bond acceptors (Lipinski definition) is 3. The maximum absolute atomic E-state index is 11.8. The van der Waals surface area contributed by atoms with Crippen molar-refractivity contribution in [1.29, 1.82) is 0 Å². The zero-order valence-corrected chi connectivity index (χ0v) is 11.0. The molecule has 98 valence electrons. The Labute approximate surface area is 112 Å². The van der Waals surface area contributed by atoms with Gasteiger partial charge in [0.15, 0.2) is 5.78 Å². The first kappa shape index (κ1) is 13.1. The van der Waals surface area contributed by atoms with Crippen molar-refractivity contribution < 1.29 is 9.53 Å². The van der Waals surface area contributed by atoms with E-state index in [-0.39, 0.29) is 5.78 Å². The lowest BCUT2D eigenvalue weighted by Crippen LogP contribution is -1.92. The summed E-state index contributed by atoms with van der Waals surface area (Å²) in [6.07, 6.45) is 6.59. The number of benzene rings is 1. The second-order valence-electron chi connectivity index (χ2n) is 4.10. The Kier molecular flexibility index (Phi) is 4.13. The van der Waals surface area contributed by atoms with E-state index in [0.717, 1.165) is 11.3 Å². The van der Waals surface area contributed by atoms with Crippen molar-refractivity contribution in [3.05, 3.63) is 53.9 Å². The third kappa shape index (κ3) is 3.55. The lowest BCUT2D eigenvalue weighted by molar-refractivity contribution is 0.104. The van der Waals surface area contributed by atoms with Crippen LogP contribution < -0.4 is 4.74 Å². The summed E-state index contributed by atoms with van der Waals surface area (Å²) < 4.78 is 6.97. The topological polar surface area (TPSA) is 44.1 Å². The number of hydrogen-bond donors (Lipinski definition) is 0. The highest BCUT2D eigenvalue weighted by atomic mass is 16.5. The average molecular weight is 256 g/mol. The molecular weight excluding hydrogens is 240 g/mol. The zero-order chi connectivity index (χ0) is 13.7. The number of ketones is 1. The smallest absolute Gasteiger partial charge is 0.189 e. The molecule has 1 heterocycles. The van der Waals surface area contributed by atoms with E-state index in [4.69, 9.17) is 4.74 Å². The van der Waals surface area contributed by atoms with Gasteiger partial charge in [0.1, 0.15) is 5.75 Å². The SMILES string of the molecule is CCOc1ccc(/C=C/C(=O)c2cnn(C)c2)cc1. The Morgan fingerprint density at radius 1 is 1.37 bits per heavy atom. The molecule has 0 aliphatic heterocycles. The second kappa shape index (κ2) is 6.00. The number of ether oxygens (including phenoxy) is 1. The summed E-state index contributed by atoms with van der Waals surface area (Å²) in [4.78, 5) is 11.8. The average Bonchev–Trinajstić information content (AvgIpc) is 2.85. The van der Waals surface area contributed by atoms with Crippen LogP contribution >= 0.6 is 0 Å². The van der Waals surface area contributed by atoms with Gasteiger partial charge in [-0.2, -0.15) is 5.10 Å². The van der Waals surface area contributed by atoms with Gasteiger partial charge in [-0.05, 0) is 30.7 Å². The molecule has 0 bridgehead atoms. The van der Waals surface area contributed by atoms with Crippen LogP contribution in [0.4, 0.5) is 0 Å². The lowest BCUT2D eigenvalue weighted by Gasteiger charge is -2.02. The van der Waals surface area contributed by atoms with Crippen molar-refractivity contribution in [3.63, 3.8) is 0 Å². The largest absolute Gasteiger partial charge is 0.494 e. The standard InChI is InChI=1S/C15H16N2O2/c1-3-19-14-7-4-12(5-8-14)6-9-15(18)13-10-16-17(2)11-13/h4-11H,3H2,1-2H3/b9-6+. The molecule has 4 nitrogen and oxygen atoms in total. The Morgan fingerprint density at radius 3 is 2.68 bits per heavy atom. The number of aromatic nitrogens is 2. The van der Waals surface area contributed by atoms with E-state index in [1.54, 1.807) is 36.3 Å². The molecule has 2 rings (SSSR count). The first-order valence-corrected chi connectivity index (χ1v) is 6.13. The Morgan fingerprint density at radius 2 is 2.11 bits per heavy atom. The minimum absolute atomic E-state index is 0.0537. The van der Waals surface area contributed by atoms with Gasteiger partial charge >= 0.3 is 0 Å². The van der Waals surface area contributed by atoms with Crippen LogP contribution in [0.25, 0.3) is 6.08 Å². The molecule has 0 unspecified atom stereocenters. The molecule has 1 aromatic carbocycles. The highest BCUT2D eigenvalue weighted by molar-refractivity contribution is 6.06. The van der Waals surface area contributed by atoms with Gasteiger partial charge in [-0.1, -0.05) is 18.2 Å². The summed E-state index contributed by atoms with van der Waals surface area (Å²) >= 11 is 0. The maximum atomic E-state index is 11.8. The van der Waals surface area contributed by atoms with Crippen LogP contribution in [0.1, 0.15) is 22.8 Å². The summed E-state index contributed by atoms with van der Waals surface area (Å²) in [6, 6.07) is 7.60. The van der Waals surface area contributed by atoms with Crippen molar-refractivity contribution in [1.82, 2.24) is 9.78 Å². The van der Waals surface area contributed by atoms with E-state index in [0.29, 0.717) is 12.2 Å². The predicted molar refractivity (Wildman–Crippen MR) is 74.2 cm³/mol. The number of rotatable bonds is 5. The van der Waals surface area contributed by atoms with Crippen molar-refractivity contribution >= 4 is 11.9 Å². The first-order valence-electron chi connectivity index (χ1n) is 6.13. The van der Waals surface area contributed by atoms with Crippen molar-refractivity contribution in [2.24, 2.45) is 7.05 Å². The summed E-state index contributed by atoms with van der Waals surface area (Å²) in [7, 11) is 1.78. The number of allylic oxidation sites excluding steroid dienone is 1. The first-order chi connectivity index (χ1) is 9.19. The molecule has 0 spiro atoms. The van der Waals surface area contributed by atoms with E-state index in [1.807, 2.05) is 31.2 Å². The molecule has 4 heteroatoms. The molecule has 0 aliphatic carbocycles. The van der Waals surface area contributed by atoms with E-state index >= 15 is 0 Å². The third-order valence-corrected chi connectivity index (χ3v) is 2.61. The molecule has 0 fully saturated rings. The highest BCUT2D eigenvalue weighted by Crippen LogP contribution is 2.13. The van der Waals surface area contributed by atoms with Crippen LogP contribution in [-0.4, -0.2) is 22.2 Å². The van der Waals surface area contributed by atoms with Crippen LogP contribution in [0, 0.1) is 0 Å². The van der Waals surface area contributed by atoms with Gasteiger partial charge in [-0.3, -0.25) is 9.48 Å². The molecule has 0 saturated heterocycles. The molecule has 0 saturated carbocycles. The zero-order valence-electron chi connectivity index (χ0n) is 11.0. The Hall–Kier alpha value is -2.36. The lowest BCUT2D eigenvalue weighted by atomic mass is 10.1. The third-order valence-electron chi connectivity index (χ3n) is 2.61. The molecular formula is C15H16N2O2.